The van der Waals surface area contributed by atoms with Gasteiger partial charge in [0.05, 0.1) is 16.2 Å². The standard InChI is InChI=1S/C34H27N3O4/c38-34-31-22-28(37(39)40)18-21-32(31)35(23-25-10-4-1-5-11-25)33(36(34)24-26-12-6-2-7-13-26)27-16-19-30(20-17-27)41-29-14-8-3-9-15-29/h1-22,33H,23-24H2/t33-/m0/s1. The SMILES string of the molecule is O=C1c2cc([N+](=O)[O-])ccc2N(Cc2ccccc2)[C@H](c2ccc(Oc3ccccc3)cc2)N1Cc1ccccc1. The summed E-state index contributed by atoms with van der Waals surface area (Å²) >= 11 is 0. The third kappa shape index (κ3) is 5.51. The molecule has 0 unspecified atom stereocenters. The fraction of sp³-hybridized carbons (Fsp3) is 0.0882. The first-order valence-electron chi connectivity index (χ1n) is 13.3. The largest absolute Gasteiger partial charge is 0.457 e. The molecule has 202 valence electrons. The number of hydrogen-bond donors (Lipinski definition) is 0. The maximum Gasteiger partial charge on any atom is 0.270 e. The van der Waals surface area contributed by atoms with Crippen LogP contribution in [0.5, 0.6) is 11.5 Å². The van der Waals surface area contributed by atoms with Crippen molar-refractivity contribution >= 4 is 17.3 Å². The fourth-order valence-electron chi connectivity index (χ4n) is 5.21. The van der Waals surface area contributed by atoms with Gasteiger partial charge in [-0.05, 0) is 47.0 Å². The van der Waals surface area contributed by atoms with Gasteiger partial charge < -0.3 is 14.5 Å². The van der Waals surface area contributed by atoms with Gasteiger partial charge in [-0.2, -0.15) is 0 Å². The molecule has 5 aromatic rings. The first-order valence-corrected chi connectivity index (χ1v) is 13.3. The van der Waals surface area contributed by atoms with Gasteiger partial charge in [0, 0.05) is 25.2 Å². The van der Waals surface area contributed by atoms with Crippen LogP contribution in [0.1, 0.15) is 33.2 Å². The lowest BCUT2D eigenvalue weighted by Crippen LogP contribution is -2.48. The Labute approximate surface area is 238 Å². The van der Waals surface area contributed by atoms with Gasteiger partial charge in [-0.15, -0.1) is 0 Å². The normalized spacial score (nSPS) is 14.4. The zero-order valence-corrected chi connectivity index (χ0v) is 22.2. The lowest BCUT2D eigenvalue weighted by molar-refractivity contribution is -0.384. The van der Waals surface area contributed by atoms with Crippen LogP contribution in [0.25, 0.3) is 0 Å². The predicted octanol–water partition coefficient (Wildman–Crippen LogP) is 7.75. The van der Waals surface area contributed by atoms with Crippen molar-refractivity contribution in [1.82, 2.24) is 4.90 Å². The molecule has 0 spiro atoms. The van der Waals surface area contributed by atoms with Crippen molar-refractivity contribution in [3.8, 4) is 11.5 Å². The number of benzene rings is 5. The van der Waals surface area contributed by atoms with Gasteiger partial charge in [0.25, 0.3) is 11.6 Å². The Morgan fingerprint density at radius 1 is 0.659 bits per heavy atom. The molecule has 41 heavy (non-hydrogen) atoms. The summed E-state index contributed by atoms with van der Waals surface area (Å²) in [5.74, 6) is 1.16. The van der Waals surface area contributed by atoms with Gasteiger partial charge in [-0.1, -0.05) is 91.0 Å². The highest BCUT2D eigenvalue weighted by Gasteiger charge is 2.39. The van der Waals surface area contributed by atoms with E-state index in [0.717, 1.165) is 22.4 Å². The van der Waals surface area contributed by atoms with Gasteiger partial charge in [0.15, 0.2) is 0 Å². The molecule has 0 saturated carbocycles. The maximum atomic E-state index is 14.1. The van der Waals surface area contributed by atoms with Crippen LogP contribution in [0.2, 0.25) is 0 Å². The molecule has 1 aliphatic heterocycles. The van der Waals surface area contributed by atoms with E-state index in [2.05, 4.69) is 4.90 Å². The number of ether oxygens (including phenoxy) is 1. The Bertz CT molecular complexity index is 1660. The molecule has 6 rings (SSSR count). The molecule has 1 atom stereocenters. The summed E-state index contributed by atoms with van der Waals surface area (Å²) in [5, 5.41) is 11.6. The molecule has 5 aromatic carbocycles. The van der Waals surface area contributed by atoms with Crippen LogP contribution >= 0.6 is 0 Å². The van der Waals surface area contributed by atoms with Gasteiger partial charge in [0.1, 0.15) is 17.7 Å². The van der Waals surface area contributed by atoms with Crippen LogP contribution in [0.3, 0.4) is 0 Å². The number of nitro benzene ring substituents is 1. The van der Waals surface area contributed by atoms with Crippen molar-refractivity contribution in [3.63, 3.8) is 0 Å². The number of carbonyl (C=O) groups excluding carboxylic acids is 1. The number of nitro groups is 1. The van der Waals surface area contributed by atoms with Crippen LogP contribution < -0.4 is 9.64 Å². The van der Waals surface area contributed by atoms with E-state index in [1.165, 1.54) is 12.1 Å². The van der Waals surface area contributed by atoms with Crippen LogP contribution in [0.4, 0.5) is 11.4 Å². The van der Waals surface area contributed by atoms with Gasteiger partial charge in [0.2, 0.25) is 0 Å². The number of non-ortho nitro benzene ring substituents is 1. The smallest absolute Gasteiger partial charge is 0.270 e. The lowest BCUT2D eigenvalue weighted by atomic mass is 9.98. The minimum Gasteiger partial charge on any atom is -0.457 e. The zero-order chi connectivity index (χ0) is 28.2. The second-order valence-corrected chi connectivity index (χ2v) is 9.85. The minimum atomic E-state index is -0.470. The van der Waals surface area contributed by atoms with E-state index in [1.54, 1.807) is 11.0 Å². The summed E-state index contributed by atoms with van der Waals surface area (Å²) < 4.78 is 6.02. The molecule has 0 aliphatic carbocycles. The first kappa shape index (κ1) is 25.8. The molecule has 7 heteroatoms. The average molecular weight is 542 g/mol. The maximum absolute atomic E-state index is 14.1. The first-order chi connectivity index (χ1) is 20.1. The number of carbonyl (C=O) groups is 1. The molecular weight excluding hydrogens is 514 g/mol. The summed E-state index contributed by atoms with van der Waals surface area (Å²) in [4.78, 5) is 29.2. The Morgan fingerprint density at radius 3 is 1.78 bits per heavy atom. The molecule has 1 amide bonds. The number of hydrogen-bond acceptors (Lipinski definition) is 5. The van der Waals surface area contributed by atoms with Crippen molar-refractivity contribution in [2.24, 2.45) is 0 Å². The molecule has 0 aromatic heterocycles. The highest BCUT2D eigenvalue weighted by atomic mass is 16.6. The monoisotopic (exact) mass is 541 g/mol. The van der Waals surface area contributed by atoms with E-state index >= 15 is 0 Å². The zero-order valence-electron chi connectivity index (χ0n) is 22.2. The second kappa shape index (κ2) is 11.4. The fourth-order valence-corrected chi connectivity index (χ4v) is 5.21. The topological polar surface area (TPSA) is 75.9 Å². The molecule has 1 aliphatic rings. The van der Waals surface area contributed by atoms with Gasteiger partial charge >= 0.3 is 0 Å². The molecule has 0 saturated heterocycles. The Morgan fingerprint density at radius 2 is 1.20 bits per heavy atom. The lowest BCUT2D eigenvalue weighted by Gasteiger charge is -2.46. The van der Waals surface area contributed by atoms with Crippen LogP contribution in [-0.2, 0) is 13.1 Å². The Kier molecular flexibility index (Phi) is 7.15. The third-order valence-electron chi connectivity index (χ3n) is 7.13. The van der Waals surface area contributed by atoms with E-state index in [9.17, 15) is 14.9 Å². The highest BCUT2D eigenvalue weighted by Crippen LogP contribution is 2.42. The Hall–Kier alpha value is -5.43. The summed E-state index contributed by atoms with van der Waals surface area (Å²) in [6.07, 6.45) is -0.470. The van der Waals surface area contributed by atoms with E-state index in [1.807, 2.05) is 115 Å². The van der Waals surface area contributed by atoms with Crippen molar-refractivity contribution in [1.29, 1.82) is 0 Å². The number of fused-ring (bicyclic) bond motifs is 1. The van der Waals surface area contributed by atoms with Crippen LogP contribution in [0.15, 0.2) is 133 Å². The molecule has 0 fully saturated rings. The van der Waals surface area contributed by atoms with E-state index in [-0.39, 0.29) is 11.6 Å². The van der Waals surface area contributed by atoms with Crippen LogP contribution in [-0.4, -0.2) is 15.7 Å². The molecule has 1 heterocycles. The quantitative estimate of drug-likeness (QED) is 0.148. The molecule has 7 nitrogen and oxygen atoms in total. The average Bonchev–Trinajstić information content (AvgIpc) is 3.01. The number of rotatable bonds is 8. The summed E-state index contributed by atoms with van der Waals surface area (Å²) in [7, 11) is 0. The molecular formula is C34H27N3O4. The number of amides is 1. The van der Waals surface area contributed by atoms with Crippen molar-refractivity contribution < 1.29 is 14.5 Å². The summed E-state index contributed by atoms with van der Waals surface area (Å²) in [6, 6.07) is 41.6. The van der Waals surface area contributed by atoms with Crippen LogP contribution in [0, 0.1) is 10.1 Å². The highest BCUT2D eigenvalue weighted by molar-refractivity contribution is 6.02. The Balaban J connectivity index is 1.46. The van der Waals surface area contributed by atoms with Gasteiger partial charge in [-0.25, -0.2) is 0 Å². The number of para-hydroxylation sites is 1. The van der Waals surface area contributed by atoms with Crippen molar-refractivity contribution in [2.75, 3.05) is 4.90 Å². The molecule has 0 radical (unpaired) electrons. The molecule has 0 N–H and O–H groups in total. The summed E-state index contributed by atoms with van der Waals surface area (Å²) in [5.41, 5.74) is 3.77. The van der Waals surface area contributed by atoms with E-state index < -0.39 is 11.1 Å². The predicted molar refractivity (Wildman–Crippen MR) is 158 cm³/mol. The van der Waals surface area contributed by atoms with Gasteiger partial charge in [-0.3, -0.25) is 14.9 Å². The minimum absolute atomic E-state index is 0.114. The second-order valence-electron chi connectivity index (χ2n) is 9.85. The number of anilines is 1. The number of nitrogens with zero attached hydrogens (tertiary/aromatic N) is 3. The molecule has 0 bridgehead atoms. The van der Waals surface area contributed by atoms with Crippen molar-refractivity contribution in [2.45, 2.75) is 19.3 Å². The van der Waals surface area contributed by atoms with E-state index in [0.29, 0.717) is 30.1 Å². The van der Waals surface area contributed by atoms with E-state index in [4.69, 9.17) is 4.74 Å². The summed E-state index contributed by atoms with van der Waals surface area (Å²) in [6.45, 7) is 0.831. The van der Waals surface area contributed by atoms with Crippen molar-refractivity contribution in [3.05, 3.63) is 166 Å². The third-order valence-corrected chi connectivity index (χ3v) is 7.13.